The average Bonchev–Trinajstić information content (AvgIpc) is 2.64. The Bertz CT molecular complexity index is 611. The number of aliphatic imine (C=N–C) groups is 1. The fraction of sp³-hybridized carbons (Fsp3) is 0.133. The number of thioether (sulfide) groups is 1. The highest BCUT2D eigenvalue weighted by molar-refractivity contribution is 8.00. The van der Waals surface area contributed by atoms with Crippen LogP contribution in [0.25, 0.3) is 0 Å². The van der Waals surface area contributed by atoms with Gasteiger partial charge in [-0.05, 0) is 24.3 Å². The van der Waals surface area contributed by atoms with Crippen LogP contribution in [-0.4, -0.2) is 11.6 Å². The Morgan fingerprint density at radius 3 is 2.74 bits per heavy atom. The molecule has 2 aromatic carbocycles. The van der Waals surface area contributed by atoms with Crippen LogP contribution in [0.15, 0.2) is 58.4 Å². The molecular weight excluding hydrogens is 276 g/mol. The van der Waals surface area contributed by atoms with Gasteiger partial charge in [0.15, 0.2) is 0 Å². The summed E-state index contributed by atoms with van der Waals surface area (Å²) in [5.74, 6) is 1.82. The Hall–Kier alpha value is -1.45. The average molecular weight is 289 g/mol. The van der Waals surface area contributed by atoms with E-state index in [9.17, 15) is 0 Å². The Balaban J connectivity index is 1.84. The topological polar surface area (TPSA) is 24.4 Å². The quantitative estimate of drug-likeness (QED) is 0.848. The van der Waals surface area contributed by atoms with Gasteiger partial charge in [-0.2, -0.15) is 0 Å². The van der Waals surface area contributed by atoms with Crippen LogP contribution in [0.4, 0.5) is 5.69 Å². The lowest BCUT2D eigenvalue weighted by Crippen LogP contribution is -2.23. The van der Waals surface area contributed by atoms with Crippen molar-refractivity contribution in [3.05, 3.63) is 59.1 Å². The summed E-state index contributed by atoms with van der Waals surface area (Å²) in [4.78, 5) is 5.87. The molecule has 0 fully saturated rings. The zero-order chi connectivity index (χ0) is 13.1. The first-order valence-corrected chi connectivity index (χ1v) is 7.46. The second-order valence-electron chi connectivity index (χ2n) is 4.25. The number of nitrogens with zero attached hydrogens (tertiary/aromatic N) is 1. The molecule has 0 bridgehead atoms. The van der Waals surface area contributed by atoms with E-state index in [1.165, 1.54) is 4.90 Å². The lowest BCUT2D eigenvalue weighted by molar-refractivity contribution is 0.896. The fourth-order valence-electron chi connectivity index (χ4n) is 1.96. The molecule has 4 heteroatoms. The summed E-state index contributed by atoms with van der Waals surface area (Å²) in [6.07, 6.45) is 0. The maximum absolute atomic E-state index is 6.23. The molecular formula is C15H13ClN2S. The van der Waals surface area contributed by atoms with Crippen molar-refractivity contribution in [3.8, 4) is 0 Å². The normalized spacial score (nSPS) is 16.6. The summed E-state index contributed by atoms with van der Waals surface area (Å²) in [6.45, 7) is 0.730. The van der Waals surface area contributed by atoms with Crippen molar-refractivity contribution in [2.24, 2.45) is 4.99 Å². The highest BCUT2D eigenvalue weighted by atomic mass is 35.5. The number of rotatable bonds is 1. The van der Waals surface area contributed by atoms with Gasteiger partial charge in [0.25, 0.3) is 0 Å². The summed E-state index contributed by atoms with van der Waals surface area (Å²) >= 11 is 8.00. The molecule has 1 aliphatic heterocycles. The molecule has 0 aromatic heterocycles. The third-order valence-electron chi connectivity index (χ3n) is 2.93. The molecule has 3 rings (SSSR count). The molecule has 2 nitrogen and oxygen atoms in total. The molecule has 96 valence electrons. The van der Waals surface area contributed by atoms with Gasteiger partial charge in [-0.1, -0.05) is 35.9 Å². The van der Waals surface area contributed by atoms with E-state index >= 15 is 0 Å². The predicted molar refractivity (Wildman–Crippen MR) is 82.6 cm³/mol. The molecule has 2 aromatic rings. The summed E-state index contributed by atoms with van der Waals surface area (Å²) in [5, 5.41) is 4.19. The van der Waals surface area contributed by atoms with Gasteiger partial charge in [0.2, 0.25) is 0 Å². The molecule has 0 saturated heterocycles. The van der Waals surface area contributed by atoms with Crippen molar-refractivity contribution in [1.29, 1.82) is 0 Å². The second-order valence-corrected chi connectivity index (χ2v) is 5.68. The van der Waals surface area contributed by atoms with Gasteiger partial charge in [0, 0.05) is 22.0 Å². The maximum atomic E-state index is 6.23. The molecule has 0 radical (unpaired) electrons. The summed E-state index contributed by atoms with van der Waals surface area (Å²) < 4.78 is 0. The van der Waals surface area contributed by atoms with E-state index in [1.807, 2.05) is 42.5 Å². The molecule has 1 aliphatic rings. The third-order valence-corrected chi connectivity index (χ3v) is 4.40. The third kappa shape index (κ3) is 2.94. The van der Waals surface area contributed by atoms with E-state index in [-0.39, 0.29) is 0 Å². The standard InChI is InChI=1S/C15H13ClN2S/c16-13-7-4-8-14-12(13)9-17-15(10-19-14)18-11-5-2-1-3-6-11/h1-8H,9-10H2,(H,17,18). The molecule has 1 heterocycles. The van der Waals surface area contributed by atoms with Gasteiger partial charge >= 0.3 is 0 Å². The minimum atomic E-state index is 0.730. The number of fused-ring (bicyclic) bond motifs is 1. The van der Waals surface area contributed by atoms with Crippen LogP contribution < -0.4 is 5.32 Å². The van der Waals surface area contributed by atoms with Crippen LogP contribution in [-0.2, 0) is 6.54 Å². The molecule has 0 saturated carbocycles. The van der Waals surface area contributed by atoms with E-state index in [4.69, 9.17) is 11.6 Å². The van der Waals surface area contributed by atoms with E-state index in [1.54, 1.807) is 11.8 Å². The number of hydrogen-bond acceptors (Lipinski definition) is 2. The van der Waals surface area contributed by atoms with Gasteiger partial charge < -0.3 is 5.32 Å². The number of amidine groups is 1. The smallest absolute Gasteiger partial charge is 0.113 e. The first-order valence-electron chi connectivity index (χ1n) is 6.09. The number of benzene rings is 2. The fourth-order valence-corrected chi connectivity index (χ4v) is 3.25. The summed E-state index contributed by atoms with van der Waals surface area (Å²) in [5.41, 5.74) is 2.13. The molecule has 0 amide bonds. The SMILES string of the molecule is Clc1cccc2c1CN/C(=N/c1ccccc1)CS2. The van der Waals surface area contributed by atoms with Crippen LogP contribution in [0.1, 0.15) is 5.56 Å². The lowest BCUT2D eigenvalue weighted by atomic mass is 10.2. The molecule has 0 spiro atoms. The number of nitrogens with one attached hydrogen (secondary N) is 1. The van der Waals surface area contributed by atoms with Crippen LogP contribution in [0.2, 0.25) is 5.02 Å². The highest BCUT2D eigenvalue weighted by Gasteiger charge is 2.13. The minimum absolute atomic E-state index is 0.730. The molecule has 0 unspecified atom stereocenters. The molecule has 19 heavy (non-hydrogen) atoms. The van der Waals surface area contributed by atoms with E-state index in [0.29, 0.717) is 0 Å². The van der Waals surface area contributed by atoms with Crippen molar-refractivity contribution in [2.45, 2.75) is 11.4 Å². The van der Waals surface area contributed by atoms with Crippen LogP contribution in [0.3, 0.4) is 0 Å². The molecule has 1 N–H and O–H groups in total. The zero-order valence-electron chi connectivity index (χ0n) is 10.3. The van der Waals surface area contributed by atoms with E-state index in [2.05, 4.69) is 16.4 Å². The van der Waals surface area contributed by atoms with Crippen LogP contribution in [0, 0.1) is 0 Å². The monoisotopic (exact) mass is 288 g/mol. The van der Waals surface area contributed by atoms with Gasteiger partial charge in [0.1, 0.15) is 5.84 Å². The van der Waals surface area contributed by atoms with E-state index in [0.717, 1.165) is 34.4 Å². The second kappa shape index (κ2) is 5.68. The van der Waals surface area contributed by atoms with Crippen LogP contribution >= 0.6 is 23.4 Å². The summed E-state index contributed by atoms with van der Waals surface area (Å²) in [7, 11) is 0. The predicted octanol–water partition coefficient (Wildman–Crippen LogP) is 4.27. The van der Waals surface area contributed by atoms with Crippen LogP contribution in [0.5, 0.6) is 0 Å². The van der Waals surface area contributed by atoms with Crippen molar-refractivity contribution in [1.82, 2.24) is 5.32 Å². The zero-order valence-corrected chi connectivity index (χ0v) is 11.8. The Morgan fingerprint density at radius 2 is 1.89 bits per heavy atom. The maximum Gasteiger partial charge on any atom is 0.113 e. The highest BCUT2D eigenvalue weighted by Crippen LogP contribution is 2.30. The first kappa shape index (κ1) is 12.6. The van der Waals surface area contributed by atoms with Crippen molar-refractivity contribution in [2.75, 3.05) is 5.75 Å². The lowest BCUT2D eigenvalue weighted by Gasteiger charge is -2.06. The van der Waals surface area contributed by atoms with E-state index < -0.39 is 0 Å². The minimum Gasteiger partial charge on any atom is -0.369 e. The molecule has 0 aliphatic carbocycles. The summed E-state index contributed by atoms with van der Waals surface area (Å²) in [6, 6.07) is 16.0. The number of hydrogen-bond donors (Lipinski definition) is 1. The van der Waals surface area contributed by atoms with Gasteiger partial charge in [-0.25, -0.2) is 4.99 Å². The van der Waals surface area contributed by atoms with Crippen molar-refractivity contribution < 1.29 is 0 Å². The molecule has 0 atom stereocenters. The Labute approximate surface area is 121 Å². The first-order chi connectivity index (χ1) is 9.33. The van der Waals surface area contributed by atoms with Crippen molar-refractivity contribution >= 4 is 34.9 Å². The van der Waals surface area contributed by atoms with Gasteiger partial charge in [-0.3, -0.25) is 0 Å². The Kier molecular flexibility index (Phi) is 3.76. The Morgan fingerprint density at radius 1 is 1.05 bits per heavy atom. The largest absolute Gasteiger partial charge is 0.369 e. The number of para-hydroxylation sites is 1. The number of halogens is 1. The van der Waals surface area contributed by atoms with Crippen molar-refractivity contribution in [3.63, 3.8) is 0 Å². The van der Waals surface area contributed by atoms with Gasteiger partial charge in [0.05, 0.1) is 11.4 Å². The van der Waals surface area contributed by atoms with Gasteiger partial charge in [-0.15, -0.1) is 11.8 Å².